The van der Waals surface area contributed by atoms with E-state index in [1.807, 2.05) is 12.4 Å². The lowest BCUT2D eigenvalue weighted by atomic mass is 10.2. The second kappa shape index (κ2) is 5.14. The Morgan fingerprint density at radius 3 is 2.82 bits per heavy atom. The molecule has 0 fully saturated rings. The van der Waals surface area contributed by atoms with Crippen molar-refractivity contribution in [3.8, 4) is 0 Å². The van der Waals surface area contributed by atoms with Crippen molar-refractivity contribution in [2.45, 2.75) is 19.9 Å². The average molecular weight is 315 g/mol. The highest BCUT2D eigenvalue weighted by Crippen LogP contribution is 2.27. The zero-order chi connectivity index (χ0) is 12.4. The highest BCUT2D eigenvalue weighted by atomic mass is 79.9. The molecular formula is C12H12BrFN2S. The van der Waals surface area contributed by atoms with Crippen molar-refractivity contribution in [2.24, 2.45) is 0 Å². The van der Waals surface area contributed by atoms with Gasteiger partial charge >= 0.3 is 0 Å². The fraction of sp³-hybridized carbons (Fsp3) is 0.250. The van der Waals surface area contributed by atoms with E-state index < -0.39 is 0 Å². The summed E-state index contributed by atoms with van der Waals surface area (Å²) in [5.41, 5.74) is 3.76. The molecule has 0 spiro atoms. The number of aryl methyl sites for hydroxylation is 1. The van der Waals surface area contributed by atoms with Crippen LogP contribution in [-0.2, 0) is 0 Å². The number of aromatic nitrogens is 1. The quantitative estimate of drug-likeness (QED) is 0.900. The van der Waals surface area contributed by atoms with Crippen LogP contribution >= 0.6 is 27.3 Å². The van der Waals surface area contributed by atoms with Crippen molar-refractivity contribution in [2.75, 3.05) is 5.32 Å². The highest BCUT2D eigenvalue weighted by Gasteiger charge is 2.11. The maximum atomic E-state index is 13.1. The van der Waals surface area contributed by atoms with Gasteiger partial charge in [-0.05, 0) is 48.0 Å². The lowest BCUT2D eigenvalue weighted by Gasteiger charge is -2.14. The van der Waals surface area contributed by atoms with Gasteiger partial charge in [-0.2, -0.15) is 0 Å². The van der Waals surface area contributed by atoms with Crippen LogP contribution in [0.2, 0.25) is 0 Å². The summed E-state index contributed by atoms with van der Waals surface area (Å²) in [5, 5.41) is 3.33. The predicted octanol–water partition coefficient (Wildman–Crippen LogP) is 4.53. The van der Waals surface area contributed by atoms with Gasteiger partial charge in [0.15, 0.2) is 0 Å². The van der Waals surface area contributed by atoms with Gasteiger partial charge in [-0.3, -0.25) is 0 Å². The van der Waals surface area contributed by atoms with Gasteiger partial charge in [0.05, 0.1) is 21.7 Å². The van der Waals surface area contributed by atoms with Crippen molar-refractivity contribution in [3.05, 3.63) is 44.6 Å². The van der Waals surface area contributed by atoms with Gasteiger partial charge in [0.1, 0.15) is 5.82 Å². The minimum absolute atomic E-state index is 0.167. The molecule has 0 aliphatic carbocycles. The molecule has 2 aromatic rings. The number of nitrogens with one attached hydrogen (secondary N) is 1. The normalized spacial score (nSPS) is 12.5. The summed E-state index contributed by atoms with van der Waals surface area (Å²) < 4.78 is 13.6. The predicted molar refractivity (Wildman–Crippen MR) is 73.0 cm³/mol. The molecule has 1 N–H and O–H groups in total. The largest absolute Gasteiger partial charge is 0.378 e. The van der Waals surface area contributed by atoms with Crippen LogP contribution in [0.25, 0.3) is 0 Å². The van der Waals surface area contributed by atoms with Gasteiger partial charge in [-0.15, -0.1) is 11.3 Å². The van der Waals surface area contributed by atoms with Crippen LogP contribution in [0.5, 0.6) is 0 Å². The lowest BCUT2D eigenvalue weighted by molar-refractivity contribution is 0.621. The number of hydrogen-bond donors (Lipinski definition) is 1. The molecule has 2 rings (SSSR count). The maximum Gasteiger partial charge on any atom is 0.137 e. The third-order valence-corrected chi connectivity index (χ3v) is 4.20. The molecule has 1 atom stereocenters. The summed E-state index contributed by atoms with van der Waals surface area (Å²) >= 11 is 4.80. The van der Waals surface area contributed by atoms with Crippen molar-refractivity contribution in [3.63, 3.8) is 0 Å². The van der Waals surface area contributed by atoms with Gasteiger partial charge in [0, 0.05) is 10.6 Å². The van der Waals surface area contributed by atoms with Gasteiger partial charge in [-0.25, -0.2) is 9.37 Å². The Hall–Kier alpha value is -0.940. The molecule has 1 aromatic carbocycles. The number of anilines is 1. The van der Waals surface area contributed by atoms with E-state index in [1.54, 1.807) is 23.5 Å². The van der Waals surface area contributed by atoms with E-state index in [1.165, 1.54) is 10.9 Å². The van der Waals surface area contributed by atoms with E-state index in [4.69, 9.17) is 0 Å². The number of rotatable bonds is 3. The second-order valence-electron chi connectivity index (χ2n) is 3.80. The van der Waals surface area contributed by atoms with Crippen molar-refractivity contribution in [1.29, 1.82) is 0 Å². The topological polar surface area (TPSA) is 24.9 Å². The first-order valence-corrected chi connectivity index (χ1v) is 6.86. The van der Waals surface area contributed by atoms with Gasteiger partial charge in [0.25, 0.3) is 0 Å². The Morgan fingerprint density at radius 1 is 1.47 bits per heavy atom. The monoisotopic (exact) mass is 314 g/mol. The van der Waals surface area contributed by atoms with E-state index in [0.29, 0.717) is 4.47 Å². The molecule has 5 heteroatoms. The lowest BCUT2D eigenvalue weighted by Crippen LogP contribution is -2.06. The molecule has 2 nitrogen and oxygen atoms in total. The summed E-state index contributed by atoms with van der Waals surface area (Å²) in [4.78, 5) is 5.42. The van der Waals surface area contributed by atoms with E-state index in [0.717, 1.165) is 11.4 Å². The molecule has 17 heavy (non-hydrogen) atoms. The molecule has 0 aliphatic heterocycles. The van der Waals surface area contributed by atoms with E-state index >= 15 is 0 Å². The van der Waals surface area contributed by atoms with Crippen molar-refractivity contribution >= 4 is 33.0 Å². The smallest absolute Gasteiger partial charge is 0.137 e. The zero-order valence-electron chi connectivity index (χ0n) is 9.50. The summed E-state index contributed by atoms with van der Waals surface area (Å²) in [6, 6.07) is 5.08. The first-order valence-electron chi connectivity index (χ1n) is 5.19. The first kappa shape index (κ1) is 12.5. The Balaban J connectivity index is 2.16. The molecule has 1 unspecified atom stereocenters. The molecule has 0 aliphatic rings. The third-order valence-electron chi connectivity index (χ3n) is 2.48. The number of nitrogens with zero attached hydrogens (tertiary/aromatic N) is 1. The van der Waals surface area contributed by atoms with Crippen LogP contribution < -0.4 is 5.32 Å². The second-order valence-corrected chi connectivity index (χ2v) is 5.54. The van der Waals surface area contributed by atoms with Gasteiger partial charge < -0.3 is 5.32 Å². The molecule has 0 radical (unpaired) electrons. The van der Waals surface area contributed by atoms with Crippen LogP contribution in [-0.4, -0.2) is 4.98 Å². The molecular weight excluding hydrogens is 303 g/mol. The number of halogens is 2. The molecule has 0 saturated carbocycles. The van der Waals surface area contributed by atoms with E-state index in [2.05, 4.69) is 33.2 Å². The molecule has 0 bridgehead atoms. The minimum Gasteiger partial charge on any atom is -0.378 e. The molecule has 1 heterocycles. The maximum absolute atomic E-state index is 13.1. The standard InChI is InChI=1S/C12H12BrFN2S/c1-7-12(17-6-15-7)8(2)16-9-3-4-11(14)10(13)5-9/h3-6,8,16H,1-2H3. The summed E-state index contributed by atoms with van der Waals surface area (Å²) in [6.45, 7) is 4.06. The van der Waals surface area contributed by atoms with Gasteiger partial charge in [0.2, 0.25) is 0 Å². The SMILES string of the molecule is Cc1ncsc1C(C)Nc1ccc(F)c(Br)c1. The Kier molecular flexibility index (Phi) is 3.79. The Bertz CT molecular complexity index is 527. The summed E-state index contributed by atoms with van der Waals surface area (Å²) in [7, 11) is 0. The molecule has 0 amide bonds. The number of benzene rings is 1. The van der Waals surface area contributed by atoms with Gasteiger partial charge in [-0.1, -0.05) is 0 Å². The van der Waals surface area contributed by atoms with Crippen LogP contribution in [0.15, 0.2) is 28.2 Å². The number of thiazole rings is 1. The third kappa shape index (κ3) is 2.84. The van der Waals surface area contributed by atoms with Crippen molar-refractivity contribution < 1.29 is 4.39 Å². The van der Waals surface area contributed by atoms with Crippen LogP contribution in [0.4, 0.5) is 10.1 Å². The van der Waals surface area contributed by atoms with Crippen LogP contribution in [0, 0.1) is 12.7 Å². The Morgan fingerprint density at radius 2 is 2.24 bits per heavy atom. The minimum atomic E-state index is -0.253. The summed E-state index contributed by atoms with van der Waals surface area (Å²) in [6.07, 6.45) is 0. The van der Waals surface area contributed by atoms with Crippen LogP contribution in [0.1, 0.15) is 23.5 Å². The van der Waals surface area contributed by atoms with E-state index in [9.17, 15) is 4.39 Å². The highest BCUT2D eigenvalue weighted by molar-refractivity contribution is 9.10. The first-order chi connectivity index (χ1) is 8.08. The Labute approximate surface area is 112 Å². The summed E-state index contributed by atoms with van der Waals surface area (Å²) in [5.74, 6) is -0.253. The fourth-order valence-corrected chi connectivity index (χ4v) is 2.82. The van der Waals surface area contributed by atoms with E-state index in [-0.39, 0.29) is 11.9 Å². The molecule has 90 valence electrons. The van der Waals surface area contributed by atoms with Crippen LogP contribution in [0.3, 0.4) is 0 Å². The average Bonchev–Trinajstić information content (AvgIpc) is 2.70. The number of hydrogen-bond acceptors (Lipinski definition) is 3. The fourth-order valence-electron chi connectivity index (χ4n) is 1.63. The molecule has 0 saturated heterocycles. The zero-order valence-corrected chi connectivity index (χ0v) is 11.9. The molecule has 1 aromatic heterocycles. The van der Waals surface area contributed by atoms with Crippen molar-refractivity contribution in [1.82, 2.24) is 4.98 Å².